The third-order valence-electron chi connectivity index (χ3n) is 1.38. The first-order valence-electron chi connectivity index (χ1n) is 3.40. The summed E-state index contributed by atoms with van der Waals surface area (Å²) in [7, 11) is 1.97. The molecule has 0 aromatic heterocycles. The van der Waals surface area contributed by atoms with Gasteiger partial charge in [-0.15, -0.1) is 0 Å². The summed E-state index contributed by atoms with van der Waals surface area (Å²) in [6, 6.07) is 7.86. The van der Waals surface area contributed by atoms with Gasteiger partial charge in [0.05, 0.1) is 0 Å². The molecular weight excluding hydrogens is 204 g/mol. The third-order valence-corrected chi connectivity index (χ3v) is 1.63. The topological polar surface area (TPSA) is 29.3 Å². The average Bonchev–Trinajstić information content (AvgIpc) is 1.93. The second-order valence-electron chi connectivity index (χ2n) is 2.50. The highest BCUT2D eigenvalue weighted by Gasteiger charge is 1.94. The lowest BCUT2D eigenvalue weighted by Gasteiger charge is -2.06. The minimum atomic E-state index is 0.811. The van der Waals surface area contributed by atoms with Crippen LogP contribution in [0.15, 0.2) is 24.3 Å². The van der Waals surface area contributed by atoms with Crippen LogP contribution in [-0.2, 0) is 6.54 Å². The summed E-state index contributed by atoms with van der Waals surface area (Å²) in [6.45, 7) is 0.889. The normalized spacial score (nSPS) is 10.5. The van der Waals surface area contributed by atoms with Gasteiger partial charge in [0.15, 0.2) is 0 Å². The van der Waals surface area contributed by atoms with Gasteiger partial charge >= 0.3 is 0 Å². The van der Waals surface area contributed by atoms with Crippen molar-refractivity contribution in [3.05, 3.63) is 29.8 Å². The van der Waals surface area contributed by atoms with Crippen molar-refractivity contribution in [1.29, 1.82) is 0 Å². The minimum absolute atomic E-state index is 0.811. The Morgan fingerprint density at radius 3 is 2.36 bits per heavy atom. The summed E-state index contributed by atoms with van der Waals surface area (Å²) in [5, 5.41) is 0. The first-order valence-corrected chi connectivity index (χ1v) is 4.11. The minimum Gasteiger partial charge on any atom is -0.399 e. The molecule has 0 aliphatic carbocycles. The van der Waals surface area contributed by atoms with Crippen LogP contribution >= 0.6 is 16.1 Å². The molecule has 0 saturated carbocycles. The molecule has 60 valence electrons. The fourth-order valence-electron chi connectivity index (χ4n) is 0.875. The van der Waals surface area contributed by atoms with Gasteiger partial charge in [0.2, 0.25) is 0 Å². The highest BCUT2D eigenvalue weighted by molar-refractivity contribution is 9.07. The maximum Gasteiger partial charge on any atom is 0.0340 e. The fourth-order valence-corrected chi connectivity index (χ4v) is 1.16. The smallest absolute Gasteiger partial charge is 0.0340 e. The zero-order valence-electron chi connectivity index (χ0n) is 6.42. The number of rotatable bonds is 2. The van der Waals surface area contributed by atoms with Crippen LogP contribution < -0.4 is 5.73 Å². The quantitative estimate of drug-likeness (QED) is 0.604. The third kappa shape index (κ3) is 2.91. The SMILES string of the molecule is CN(Br)Cc1ccc(N)cc1. The average molecular weight is 215 g/mol. The molecule has 1 rings (SSSR count). The van der Waals surface area contributed by atoms with Gasteiger partial charge in [0.25, 0.3) is 0 Å². The van der Waals surface area contributed by atoms with E-state index in [4.69, 9.17) is 5.73 Å². The molecule has 2 nitrogen and oxygen atoms in total. The van der Waals surface area contributed by atoms with Crippen LogP contribution in [0.2, 0.25) is 0 Å². The second kappa shape index (κ2) is 3.74. The van der Waals surface area contributed by atoms with Crippen molar-refractivity contribution in [2.75, 3.05) is 12.8 Å². The lowest BCUT2D eigenvalue weighted by Crippen LogP contribution is -2.02. The van der Waals surface area contributed by atoms with Gasteiger partial charge in [0.1, 0.15) is 0 Å². The molecule has 0 spiro atoms. The van der Waals surface area contributed by atoms with E-state index < -0.39 is 0 Å². The molecule has 0 unspecified atom stereocenters. The van der Waals surface area contributed by atoms with Crippen molar-refractivity contribution in [2.24, 2.45) is 0 Å². The molecule has 0 aliphatic rings. The Kier molecular flexibility index (Phi) is 2.91. The lowest BCUT2D eigenvalue weighted by molar-refractivity contribution is 0.585. The fraction of sp³-hybridized carbons (Fsp3) is 0.250. The van der Waals surface area contributed by atoms with Crippen LogP contribution in [0, 0.1) is 0 Å². The molecule has 0 bridgehead atoms. The summed E-state index contributed by atoms with van der Waals surface area (Å²) in [4.78, 5) is 0. The van der Waals surface area contributed by atoms with Gasteiger partial charge in [-0.05, 0) is 24.7 Å². The summed E-state index contributed by atoms with van der Waals surface area (Å²) in [5.74, 6) is 0. The Labute approximate surface area is 75.3 Å². The van der Waals surface area contributed by atoms with E-state index in [1.165, 1.54) is 5.56 Å². The number of hydrogen-bond acceptors (Lipinski definition) is 2. The Bertz CT molecular complexity index is 218. The number of halogens is 1. The number of nitrogens with zero attached hydrogens (tertiary/aromatic N) is 1. The number of nitrogen functional groups attached to an aromatic ring is 1. The van der Waals surface area contributed by atoms with Crippen molar-refractivity contribution in [1.82, 2.24) is 3.93 Å². The van der Waals surface area contributed by atoms with Gasteiger partial charge in [-0.1, -0.05) is 12.1 Å². The predicted octanol–water partition coefficient (Wildman–Crippen LogP) is 2.01. The van der Waals surface area contributed by atoms with Crippen LogP contribution in [0.5, 0.6) is 0 Å². The molecule has 2 N–H and O–H groups in total. The molecule has 0 heterocycles. The van der Waals surface area contributed by atoms with Crippen LogP contribution in [0.25, 0.3) is 0 Å². The van der Waals surface area contributed by atoms with Crippen molar-refractivity contribution < 1.29 is 0 Å². The van der Waals surface area contributed by atoms with E-state index in [0.29, 0.717) is 0 Å². The second-order valence-corrected chi connectivity index (χ2v) is 3.72. The molecule has 11 heavy (non-hydrogen) atoms. The summed E-state index contributed by atoms with van der Waals surface area (Å²) in [5.41, 5.74) is 7.59. The Morgan fingerprint density at radius 1 is 1.36 bits per heavy atom. The van der Waals surface area contributed by atoms with E-state index in [1.807, 2.05) is 35.2 Å². The highest BCUT2D eigenvalue weighted by Crippen LogP contribution is 2.08. The van der Waals surface area contributed by atoms with Crippen LogP contribution in [-0.4, -0.2) is 11.0 Å². The van der Waals surface area contributed by atoms with Crippen LogP contribution in [0.1, 0.15) is 5.56 Å². The van der Waals surface area contributed by atoms with Gasteiger partial charge in [0, 0.05) is 28.4 Å². The number of anilines is 1. The maximum absolute atomic E-state index is 5.53. The summed E-state index contributed by atoms with van der Waals surface area (Å²) in [6.07, 6.45) is 0. The summed E-state index contributed by atoms with van der Waals surface area (Å²) < 4.78 is 1.94. The largest absolute Gasteiger partial charge is 0.399 e. The van der Waals surface area contributed by atoms with E-state index in [1.54, 1.807) is 0 Å². The molecule has 0 saturated heterocycles. The molecule has 0 radical (unpaired) electrons. The van der Waals surface area contributed by atoms with E-state index in [9.17, 15) is 0 Å². The van der Waals surface area contributed by atoms with Crippen LogP contribution in [0.3, 0.4) is 0 Å². The Hall–Kier alpha value is -0.540. The Morgan fingerprint density at radius 2 is 1.91 bits per heavy atom. The van der Waals surface area contributed by atoms with Gasteiger partial charge in [-0.3, -0.25) is 0 Å². The molecule has 0 atom stereocenters. The van der Waals surface area contributed by atoms with Gasteiger partial charge in [-0.2, -0.15) is 0 Å². The lowest BCUT2D eigenvalue weighted by atomic mass is 10.2. The molecule has 0 aliphatic heterocycles. The number of nitrogens with two attached hydrogens (primary N) is 1. The van der Waals surface area contributed by atoms with Gasteiger partial charge in [-0.25, -0.2) is 3.93 Å². The molecule has 1 aromatic rings. The highest BCUT2D eigenvalue weighted by atomic mass is 79.9. The first kappa shape index (κ1) is 8.56. The number of benzene rings is 1. The molecular formula is C8H11BrN2. The molecule has 0 amide bonds. The van der Waals surface area contributed by atoms with E-state index in [-0.39, 0.29) is 0 Å². The van der Waals surface area contributed by atoms with Crippen molar-refractivity contribution in [3.8, 4) is 0 Å². The molecule has 3 heteroatoms. The zero-order chi connectivity index (χ0) is 8.27. The van der Waals surface area contributed by atoms with E-state index >= 15 is 0 Å². The number of hydrogen-bond donors (Lipinski definition) is 1. The van der Waals surface area contributed by atoms with Gasteiger partial charge < -0.3 is 5.73 Å². The van der Waals surface area contributed by atoms with Crippen LogP contribution in [0.4, 0.5) is 5.69 Å². The standard InChI is InChI=1S/C8H11BrN2/c1-11(9)6-7-2-4-8(10)5-3-7/h2-5H,6,10H2,1H3. The first-order chi connectivity index (χ1) is 5.18. The zero-order valence-corrected chi connectivity index (χ0v) is 8.01. The molecule has 1 aromatic carbocycles. The predicted molar refractivity (Wildman–Crippen MR) is 51.2 cm³/mol. The van der Waals surface area contributed by atoms with E-state index in [0.717, 1.165) is 12.2 Å². The Balaban J connectivity index is 2.66. The van der Waals surface area contributed by atoms with Crippen molar-refractivity contribution >= 4 is 21.8 Å². The van der Waals surface area contributed by atoms with Crippen molar-refractivity contribution in [2.45, 2.75) is 6.54 Å². The van der Waals surface area contributed by atoms with Crippen molar-refractivity contribution in [3.63, 3.8) is 0 Å². The maximum atomic E-state index is 5.53. The molecule has 0 fully saturated rings. The summed E-state index contributed by atoms with van der Waals surface area (Å²) >= 11 is 3.33. The van der Waals surface area contributed by atoms with E-state index in [2.05, 4.69) is 16.1 Å². The monoisotopic (exact) mass is 214 g/mol.